The van der Waals surface area contributed by atoms with Crippen LogP contribution in [0.4, 0.5) is 0 Å². The van der Waals surface area contributed by atoms with E-state index in [-0.39, 0.29) is 0 Å². The lowest BCUT2D eigenvalue weighted by atomic mass is 10.2. The van der Waals surface area contributed by atoms with E-state index >= 15 is 0 Å². The van der Waals surface area contributed by atoms with Gasteiger partial charge in [-0.2, -0.15) is 0 Å². The van der Waals surface area contributed by atoms with Crippen molar-refractivity contribution in [3.63, 3.8) is 0 Å². The molecule has 2 heteroatoms. The van der Waals surface area contributed by atoms with Gasteiger partial charge in [0, 0.05) is 8.47 Å². The molecule has 0 aliphatic rings. The van der Waals surface area contributed by atoms with E-state index in [1.807, 2.05) is 6.07 Å². The van der Waals surface area contributed by atoms with Crippen molar-refractivity contribution >= 4 is 35.2 Å². The molecule has 0 saturated heterocycles. The third-order valence-corrected chi connectivity index (χ3v) is 2.63. The van der Waals surface area contributed by atoms with Gasteiger partial charge in [0.2, 0.25) is 0 Å². The summed E-state index contributed by atoms with van der Waals surface area (Å²) in [7, 11) is 0. The van der Waals surface area contributed by atoms with Crippen LogP contribution < -0.4 is 0 Å². The Morgan fingerprint density at radius 1 is 1.44 bits per heavy atom. The molecule has 0 amide bonds. The molecule has 0 atom stereocenters. The van der Waals surface area contributed by atoms with Crippen LogP contribution in [-0.4, -0.2) is 0 Å². The molecule has 0 radical (unpaired) electrons. The molecule has 0 aliphatic heterocycles. The summed E-state index contributed by atoms with van der Waals surface area (Å²) < 4.78 is 1.30. The Morgan fingerprint density at radius 3 is 2.56 bits per heavy atom. The Morgan fingerprint density at radius 2 is 2.11 bits per heavy atom. The van der Waals surface area contributed by atoms with Gasteiger partial charge in [-0.1, -0.05) is 0 Å². The van der Waals surface area contributed by atoms with E-state index in [0.29, 0.717) is 0 Å². The molecule has 0 aromatic heterocycles. The summed E-state index contributed by atoms with van der Waals surface area (Å²) >= 11 is 6.51. The molecule has 0 spiro atoms. The molecule has 0 bridgehead atoms. The van der Waals surface area contributed by atoms with Gasteiger partial charge < -0.3 is 0 Å². The number of halogens is 1. The Hall–Kier alpha value is 0.300. The zero-order valence-corrected chi connectivity index (χ0v) is 8.11. The maximum absolute atomic E-state index is 4.20. The van der Waals surface area contributed by atoms with Crippen LogP contribution in [0.25, 0.3) is 0 Å². The van der Waals surface area contributed by atoms with Gasteiger partial charge in [-0.05, 0) is 53.3 Å². The van der Waals surface area contributed by atoms with E-state index in [4.69, 9.17) is 0 Å². The lowest BCUT2D eigenvalue weighted by Gasteiger charge is -1.96. The molecule has 0 N–H and O–H groups in total. The third-order valence-electron chi connectivity index (χ3n) is 1.14. The molecule has 0 saturated carbocycles. The molecule has 9 heavy (non-hydrogen) atoms. The summed E-state index contributed by atoms with van der Waals surface area (Å²) in [6, 6.07) is 6.13. The van der Waals surface area contributed by atoms with Crippen molar-refractivity contribution in [1.29, 1.82) is 0 Å². The summed E-state index contributed by atoms with van der Waals surface area (Å²) in [5.74, 6) is 0. The Balaban J connectivity index is 3.17. The van der Waals surface area contributed by atoms with E-state index in [2.05, 4.69) is 54.3 Å². The molecule has 0 nitrogen and oxygen atoms in total. The number of benzene rings is 1. The normalized spacial score (nSPS) is 9.67. The second-order valence-corrected chi connectivity index (χ2v) is 3.61. The second kappa shape index (κ2) is 2.92. The number of aryl methyl sites for hydroxylation is 1. The maximum atomic E-state index is 4.20. The van der Waals surface area contributed by atoms with Crippen LogP contribution in [0.15, 0.2) is 23.1 Å². The first-order valence-electron chi connectivity index (χ1n) is 2.65. The van der Waals surface area contributed by atoms with Crippen LogP contribution in [0.1, 0.15) is 5.56 Å². The monoisotopic (exact) mass is 250 g/mol. The van der Waals surface area contributed by atoms with E-state index in [1.165, 1.54) is 9.13 Å². The summed E-state index contributed by atoms with van der Waals surface area (Å²) in [5, 5.41) is 0. The van der Waals surface area contributed by atoms with Crippen molar-refractivity contribution in [3.05, 3.63) is 27.3 Å². The summed E-state index contributed by atoms with van der Waals surface area (Å²) in [5.41, 5.74) is 1.29. The first-order chi connectivity index (χ1) is 4.20. The van der Waals surface area contributed by atoms with Crippen molar-refractivity contribution in [2.45, 2.75) is 11.8 Å². The molecular weight excluding hydrogens is 243 g/mol. The molecule has 0 unspecified atom stereocenters. The fourth-order valence-electron chi connectivity index (χ4n) is 0.629. The SMILES string of the molecule is Cc1cc(S)ccc1I. The zero-order chi connectivity index (χ0) is 6.85. The van der Waals surface area contributed by atoms with Gasteiger partial charge in [0.1, 0.15) is 0 Å². The smallest absolute Gasteiger partial charge is 0.0160 e. The topological polar surface area (TPSA) is 0 Å². The summed E-state index contributed by atoms with van der Waals surface area (Å²) in [6.45, 7) is 2.08. The van der Waals surface area contributed by atoms with Gasteiger partial charge in [0.05, 0.1) is 0 Å². The molecule has 1 aromatic rings. The lowest BCUT2D eigenvalue weighted by Crippen LogP contribution is -1.77. The van der Waals surface area contributed by atoms with E-state index in [0.717, 1.165) is 4.90 Å². The molecule has 48 valence electrons. The van der Waals surface area contributed by atoms with E-state index in [1.54, 1.807) is 0 Å². The zero-order valence-electron chi connectivity index (χ0n) is 5.06. The number of hydrogen-bond donors (Lipinski definition) is 1. The number of rotatable bonds is 0. The van der Waals surface area contributed by atoms with Gasteiger partial charge in [0.15, 0.2) is 0 Å². The predicted molar refractivity (Wildman–Crippen MR) is 51.1 cm³/mol. The Bertz CT molecular complexity index is 220. The highest BCUT2D eigenvalue weighted by Crippen LogP contribution is 2.14. The van der Waals surface area contributed by atoms with Crippen LogP contribution in [0.5, 0.6) is 0 Å². The largest absolute Gasteiger partial charge is 0.143 e. The highest BCUT2D eigenvalue weighted by Gasteiger charge is 1.91. The minimum absolute atomic E-state index is 1.04. The van der Waals surface area contributed by atoms with Gasteiger partial charge >= 0.3 is 0 Å². The summed E-state index contributed by atoms with van der Waals surface area (Å²) in [4.78, 5) is 1.04. The average Bonchev–Trinajstić information content (AvgIpc) is 1.80. The first kappa shape index (κ1) is 7.41. The van der Waals surface area contributed by atoms with Gasteiger partial charge in [-0.15, -0.1) is 12.6 Å². The quantitative estimate of drug-likeness (QED) is 0.531. The van der Waals surface area contributed by atoms with Gasteiger partial charge in [0.25, 0.3) is 0 Å². The van der Waals surface area contributed by atoms with Crippen molar-refractivity contribution < 1.29 is 0 Å². The van der Waals surface area contributed by atoms with Crippen molar-refractivity contribution in [2.24, 2.45) is 0 Å². The number of hydrogen-bond acceptors (Lipinski definition) is 1. The standard InChI is InChI=1S/C7H7IS/c1-5-4-6(9)2-3-7(5)8/h2-4,9H,1H3. The molecule has 0 fully saturated rings. The van der Waals surface area contributed by atoms with Crippen LogP contribution in [-0.2, 0) is 0 Å². The maximum Gasteiger partial charge on any atom is 0.0160 e. The van der Waals surface area contributed by atoms with E-state index in [9.17, 15) is 0 Å². The van der Waals surface area contributed by atoms with Crippen LogP contribution in [0.2, 0.25) is 0 Å². The number of thiol groups is 1. The van der Waals surface area contributed by atoms with Crippen LogP contribution in [0.3, 0.4) is 0 Å². The van der Waals surface area contributed by atoms with Crippen molar-refractivity contribution in [2.75, 3.05) is 0 Å². The molecule has 1 aromatic carbocycles. The molecule has 0 aliphatic carbocycles. The highest BCUT2D eigenvalue weighted by atomic mass is 127. The highest BCUT2D eigenvalue weighted by molar-refractivity contribution is 14.1. The van der Waals surface area contributed by atoms with E-state index < -0.39 is 0 Å². The minimum atomic E-state index is 1.04. The first-order valence-corrected chi connectivity index (χ1v) is 4.18. The fraction of sp³-hybridized carbons (Fsp3) is 0.143. The lowest BCUT2D eigenvalue weighted by molar-refractivity contribution is 1.34. The molecule has 0 heterocycles. The predicted octanol–water partition coefficient (Wildman–Crippen LogP) is 2.89. The van der Waals surface area contributed by atoms with Crippen LogP contribution in [0, 0.1) is 10.5 Å². The molecular formula is C7H7IS. The Kier molecular flexibility index (Phi) is 2.41. The summed E-state index contributed by atoms with van der Waals surface area (Å²) in [6.07, 6.45) is 0. The van der Waals surface area contributed by atoms with Crippen molar-refractivity contribution in [1.82, 2.24) is 0 Å². The van der Waals surface area contributed by atoms with Crippen molar-refractivity contribution in [3.8, 4) is 0 Å². The second-order valence-electron chi connectivity index (χ2n) is 1.93. The Labute approximate surface area is 74.2 Å². The minimum Gasteiger partial charge on any atom is -0.143 e. The third kappa shape index (κ3) is 1.86. The molecule has 1 rings (SSSR count). The van der Waals surface area contributed by atoms with Gasteiger partial charge in [-0.25, -0.2) is 0 Å². The van der Waals surface area contributed by atoms with Crippen LogP contribution >= 0.6 is 35.2 Å². The fourth-order valence-corrected chi connectivity index (χ4v) is 1.23. The van der Waals surface area contributed by atoms with Gasteiger partial charge in [-0.3, -0.25) is 0 Å². The average molecular weight is 250 g/mol.